The van der Waals surface area contributed by atoms with Crippen LogP contribution in [0.5, 0.6) is 0 Å². The molecule has 4 nitrogen and oxygen atoms in total. The van der Waals surface area contributed by atoms with Gasteiger partial charge in [-0.05, 0) is 25.3 Å². The van der Waals surface area contributed by atoms with E-state index in [0.29, 0.717) is 18.2 Å². The lowest BCUT2D eigenvalue weighted by molar-refractivity contribution is 0.0972. The Morgan fingerprint density at radius 2 is 2.20 bits per heavy atom. The first-order chi connectivity index (χ1) is 7.42. The van der Waals surface area contributed by atoms with Crippen molar-refractivity contribution in [3.8, 4) is 0 Å². The maximum atomic E-state index is 5.77. The predicted molar refractivity (Wildman–Crippen MR) is 55.2 cm³/mol. The Balaban J connectivity index is 1.55. The lowest BCUT2D eigenvalue weighted by Crippen LogP contribution is -2.37. The Labute approximate surface area is 89.1 Å². The molecule has 1 N–H and O–H groups in total. The monoisotopic (exact) mass is 205 g/mol. The molecule has 0 aliphatic carbocycles. The standard InChI is InChI=1S/C11H15N3O/c1-4-12-11(13-5-1)7-14-9-6-8-2-3-10(9)15-8/h1,4-5,8-10,14H,2-3,6-7H2. The van der Waals surface area contributed by atoms with Crippen LogP contribution in [0.2, 0.25) is 0 Å². The summed E-state index contributed by atoms with van der Waals surface area (Å²) in [5, 5.41) is 3.48. The molecule has 0 radical (unpaired) electrons. The number of hydrogen-bond acceptors (Lipinski definition) is 4. The van der Waals surface area contributed by atoms with Crippen molar-refractivity contribution in [2.75, 3.05) is 0 Å². The van der Waals surface area contributed by atoms with Gasteiger partial charge in [-0.2, -0.15) is 0 Å². The molecule has 2 aliphatic rings. The molecule has 0 saturated carbocycles. The van der Waals surface area contributed by atoms with E-state index in [1.54, 1.807) is 12.4 Å². The first kappa shape index (κ1) is 9.24. The minimum atomic E-state index is 0.429. The van der Waals surface area contributed by atoms with Gasteiger partial charge < -0.3 is 10.1 Å². The van der Waals surface area contributed by atoms with Crippen molar-refractivity contribution in [3.63, 3.8) is 0 Å². The molecule has 2 fully saturated rings. The van der Waals surface area contributed by atoms with Crippen LogP contribution in [0.1, 0.15) is 25.1 Å². The first-order valence-corrected chi connectivity index (χ1v) is 5.56. The molecule has 4 heteroatoms. The van der Waals surface area contributed by atoms with Gasteiger partial charge in [0, 0.05) is 18.4 Å². The highest BCUT2D eigenvalue weighted by Crippen LogP contribution is 2.34. The zero-order valence-electron chi connectivity index (χ0n) is 8.60. The van der Waals surface area contributed by atoms with Gasteiger partial charge in [0.05, 0.1) is 18.8 Å². The zero-order valence-corrected chi connectivity index (χ0v) is 8.60. The number of ether oxygens (including phenoxy) is 1. The van der Waals surface area contributed by atoms with Crippen LogP contribution in [0.4, 0.5) is 0 Å². The Morgan fingerprint density at radius 3 is 2.87 bits per heavy atom. The van der Waals surface area contributed by atoms with E-state index in [0.717, 1.165) is 18.8 Å². The highest BCUT2D eigenvalue weighted by Gasteiger charge is 2.40. The van der Waals surface area contributed by atoms with Crippen molar-refractivity contribution in [2.24, 2.45) is 0 Å². The van der Waals surface area contributed by atoms with Crippen LogP contribution in [0.15, 0.2) is 18.5 Å². The molecule has 2 bridgehead atoms. The summed E-state index contributed by atoms with van der Waals surface area (Å²) >= 11 is 0. The van der Waals surface area contributed by atoms with Crippen LogP contribution in [0, 0.1) is 0 Å². The predicted octanol–water partition coefficient (Wildman–Crippen LogP) is 0.886. The van der Waals surface area contributed by atoms with Crippen molar-refractivity contribution in [1.82, 2.24) is 15.3 Å². The number of aromatic nitrogens is 2. The molecule has 0 spiro atoms. The second kappa shape index (κ2) is 3.87. The van der Waals surface area contributed by atoms with Gasteiger partial charge in [-0.1, -0.05) is 0 Å². The van der Waals surface area contributed by atoms with E-state index in [1.165, 1.54) is 12.8 Å². The highest BCUT2D eigenvalue weighted by molar-refractivity contribution is 4.95. The topological polar surface area (TPSA) is 47.0 Å². The average molecular weight is 205 g/mol. The fourth-order valence-electron chi connectivity index (χ4n) is 2.50. The summed E-state index contributed by atoms with van der Waals surface area (Å²) in [5.74, 6) is 0.861. The summed E-state index contributed by atoms with van der Waals surface area (Å²) in [7, 11) is 0. The van der Waals surface area contributed by atoms with Gasteiger partial charge in [-0.3, -0.25) is 0 Å². The molecule has 80 valence electrons. The van der Waals surface area contributed by atoms with Gasteiger partial charge >= 0.3 is 0 Å². The Hall–Kier alpha value is -1.00. The van der Waals surface area contributed by atoms with Gasteiger partial charge in [0.1, 0.15) is 5.82 Å². The number of hydrogen-bond donors (Lipinski definition) is 1. The van der Waals surface area contributed by atoms with Gasteiger partial charge in [-0.15, -0.1) is 0 Å². The van der Waals surface area contributed by atoms with E-state index in [2.05, 4.69) is 15.3 Å². The van der Waals surface area contributed by atoms with Gasteiger partial charge in [0.2, 0.25) is 0 Å². The number of rotatable bonds is 3. The molecular formula is C11H15N3O. The minimum Gasteiger partial charge on any atom is -0.373 e. The third-order valence-electron chi connectivity index (χ3n) is 3.25. The molecule has 0 aromatic carbocycles. The minimum absolute atomic E-state index is 0.429. The van der Waals surface area contributed by atoms with Gasteiger partial charge in [0.25, 0.3) is 0 Å². The van der Waals surface area contributed by atoms with E-state index in [-0.39, 0.29) is 0 Å². The van der Waals surface area contributed by atoms with Crippen LogP contribution in [0.25, 0.3) is 0 Å². The SMILES string of the molecule is c1cnc(CNC2CC3CCC2O3)nc1. The molecule has 3 rings (SSSR count). The van der Waals surface area contributed by atoms with Gasteiger partial charge in [-0.25, -0.2) is 9.97 Å². The van der Waals surface area contributed by atoms with Crippen molar-refractivity contribution in [2.45, 2.75) is 44.1 Å². The normalized spacial score (nSPS) is 33.5. The molecule has 1 aromatic rings. The van der Waals surface area contributed by atoms with Crippen molar-refractivity contribution in [3.05, 3.63) is 24.3 Å². The molecular weight excluding hydrogens is 190 g/mol. The van der Waals surface area contributed by atoms with E-state index >= 15 is 0 Å². The number of fused-ring (bicyclic) bond motifs is 2. The third kappa shape index (κ3) is 1.87. The fraction of sp³-hybridized carbons (Fsp3) is 0.636. The van der Waals surface area contributed by atoms with E-state index in [4.69, 9.17) is 4.74 Å². The Morgan fingerprint density at radius 1 is 1.33 bits per heavy atom. The Kier molecular flexibility index (Phi) is 2.38. The Bertz CT molecular complexity index is 330. The molecule has 2 saturated heterocycles. The second-order valence-corrected chi connectivity index (χ2v) is 4.26. The highest BCUT2D eigenvalue weighted by atomic mass is 16.5. The molecule has 15 heavy (non-hydrogen) atoms. The second-order valence-electron chi connectivity index (χ2n) is 4.26. The molecule has 3 heterocycles. The quantitative estimate of drug-likeness (QED) is 0.796. The van der Waals surface area contributed by atoms with Crippen molar-refractivity contribution in [1.29, 1.82) is 0 Å². The number of nitrogens with zero attached hydrogens (tertiary/aromatic N) is 2. The van der Waals surface area contributed by atoms with Crippen LogP contribution in [-0.2, 0) is 11.3 Å². The van der Waals surface area contributed by atoms with Gasteiger partial charge in [0.15, 0.2) is 0 Å². The lowest BCUT2D eigenvalue weighted by atomic mass is 9.95. The maximum absolute atomic E-state index is 5.77. The van der Waals surface area contributed by atoms with Crippen LogP contribution in [-0.4, -0.2) is 28.2 Å². The molecule has 3 atom stereocenters. The van der Waals surface area contributed by atoms with Crippen LogP contribution in [0.3, 0.4) is 0 Å². The third-order valence-corrected chi connectivity index (χ3v) is 3.25. The van der Waals surface area contributed by atoms with Crippen LogP contribution < -0.4 is 5.32 Å². The van der Waals surface area contributed by atoms with E-state index < -0.39 is 0 Å². The first-order valence-electron chi connectivity index (χ1n) is 5.56. The average Bonchev–Trinajstić information content (AvgIpc) is 2.89. The van der Waals surface area contributed by atoms with Crippen molar-refractivity contribution < 1.29 is 4.74 Å². The van der Waals surface area contributed by atoms with Crippen molar-refractivity contribution >= 4 is 0 Å². The summed E-state index contributed by atoms with van der Waals surface area (Å²) in [6, 6.07) is 2.34. The molecule has 2 aliphatic heterocycles. The summed E-state index contributed by atoms with van der Waals surface area (Å²) in [6.07, 6.45) is 8.09. The molecule has 1 aromatic heterocycles. The fourth-order valence-corrected chi connectivity index (χ4v) is 2.50. The zero-order chi connectivity index (χ0) is 10.1. The largest absolute Gasteiger partial charge is 0.373 e. The van der Waals surface area contributed by atoms with Crippen LogP contribution >= 0.6 is 0 Å². The summed E-state index contributed by atoms with van der Waals surface area (Å²) in [6.45, 7) is 0.748. The molecule has 0 amide bonds. The summed E-state index contributed by atoms with van der Waals surface area (Å²) < 4.78 is 5.77. The summed E-state index contributed by atoms with van der Waals surface area (Å²) in [4.78, 5) is 8.37. The summed E-state index contributed by atoms with van der Waals surface area (Å²) in [5.41, 5.74) is 0. The molecule has 3 unspecified atom stereocenters. The van der Waals surface area contributed by atoms with E-state index in [9.17, 15) is 0 Å². The maximum Gasteiger partial charge on any atom is 0.141 e. The van der Waals surface area contributed by atoms with E-state index in [1.807, 2.05) is 6.07 Å². The lowest BCUT2D eigenvalue weighted by Gasteiger charge is -2.19. The smallest absolute Gasteiger partial charge is 0.141 e. The number of nitrogens with one attached hydrogen (secondary N) is 1.